The zero-order chi connectivity index (χ0) is 10.8. The summed E-state index contributed by atoms with van der Waals surface area (Å²) in [5, 5.41) is 19.3. The molecule has 80 valence electrons. The van der Waals surface area contributed by atoms with E-state index in [1.165, 1.54) is 0 Å². The first-order valence-electron chi connectivity index (χ1n) is 5.19. The highest BCUT2D eigenvalue weighted by Crippen LogP contribution is 2.72. The predicted molar refractivity (Wildman–Crippen MR) is 51.8 cm³/mol. The molecule has 0 heterocycles. The third-order valence-electron chi connectivity index (χ3n) is 5.38. The van der Waals surface area contributed by atoms with Gasteiger partial charge in [-0.2, -0.15) is 0 Å². The van der Waals surface area contributed by atoms with Gasteiger partial charge in [0.25, 0.3) is 0 Å². The molecule has 2 aliphatic carbocycles. The van der Waals surface area contributed by atoms with Crippen molar-refractivity contribution in [3.05, 3.63) is 0 Å². The first-order chi connectivity index (χ1) is 6.28. The molecule has 3 nitrogen and oxygen atoms in total. The Morgan fingerprint density at radius 1 is 1.29 bits per heavy atom. The summed E-state index contributed by atoms with van der Waals surface area (Å²) >= 11 is 0. The van der Waals surface area contributed by atoms with Gasteiger partial charge in [0.2, 0.25) is 0 Å². The summed E-state index contributed by atoms with van der Waals surface area (Å²) in [6.45, 7) is 6.00. The van der Waals surface area contributed by atoms with Gasteiger partial charge in [0, 0.05) is 0 Å². The van der Waals surface area contributed by atoms with Crippen molar-refractivity contribution in [1.82, 2.24) is 0 Å². The smallest absolute Gasteiger partial charge is 0.310 e. The molecule has 0 aliphatic heterocycles. The van der Waals surface area contributed by atoms with Gasteiger partial charge in [-0.15, -0.1) is 0 Å². The van der Waals surface area contributed by atoms with E-state index in [0.717, 1.165) is 6.42 Å². The summed E-state index contributed by atoms with van der Waals surface area (Å²) in [6.07, 6.45) is 1.50. The van der Waals surface area contributed by atoms with Gasteiger partial charge in [-0.25, -0.2) is 0 Å². The summed E-state index contributed by atoms with van der Waals surface area (Å²) in [6, 6.07) is 0. The molecule has 0 unspecified atom stereocenters. The molecule has 2 rings (SSSR count). The lowest BCUT2D eigenvalue weighted by Crippen LogP contribution is -2.40. The molecule has 0 amide bonds. The van der Waals surface area contributed by atoms with Gasteiger partial charge in [0.15, 0.2) is 0 Å². The van der Waals surface area contributed by atoms with Gasteiger partial charge >= 0.3 is 5.97 Å². The van der Waals surface area contributed by atoms with Crippen molar-refractivity contribution in [2.24, 2.45) is 16.2 Å². The van der Waals surface area contributed by atoms with Crippen molar-refractivity contribution in [3.8, 4) is 0 Å². The van der Waals surface area contributed by atoms with E-state index < -0.39 is 17.5 Å². The Balaban J connectivity index is 2.54. The zero-order valence-electron chi connectivity index (χ0n) is 9.00. The average molecular weight is 198 g/mol. The fourth-order valence-electron chi connectivity index (χ4n) is 3.60. The summed E-state index contributed by atoms with van der Waals surface area (Å²) in [4.78, 5) is 11.4. The number of hydrogen-bond acceptors (Lipinski definition) is 2. The van der Waals surface area contributed by atoms with Crippen molar-refractivity contribution >= 4 is 5.97 Å². The van der Waals surface area contributed by atoms with Crippen LogP contribution in [0.15, 0.2) is 0 Å². The molecule has 2 saturated carbocycles. The minimum absolute atomic E-state index is 0.217. The Morgan fingerprint density at radius 3 is 2.07 bits per heavy atom. The fraction of sp³-hybridized carbons (Fsp3) is 0.909. The monoisotopic (exact) mass is 198 g/mol. The fourth-order valence-corrected chi connectivity index (χ4v) is 3.60. The molecule has 0 aromatic heterocycles. The zero-order valence-corrected chi connectivity index (χ0v) is 9.00. The van der Waals surface area contributed by atoms with E-state index in [-0.39, 0.29) is 10.8 Å². The summed E-state index contributed by atoms with van der Waals surface area (Å²) in [5.74, 6) is -0.734. The highest BCUT2D eigenvalue weighted by atomic mass is 16.4. The molecule has 3 atom stereocenters. The van der Waals surface area contributed by atoms with Crippen LogP contribution in [-0.2, 0) is 4.79 Å². The summed E-state index contributed by atoms with van der Waals surface area (Å²) < 4.78 is 0. The molecule has 0 radical (unpaired) electrons. The minimum Gasteiger partial charge on any atom is -0.481 e. The lowest BCUT2D eigenvalue weighted by molar-refractivity contribution is -0.154. The Kier molecular flexibility index (Phi) is 1.65. The van der Waals surface area contributed by atoms with Crippen LogP contribution in [-0.4, -0.2) is 22.3 Å². The van der Waals surface area contributed by atoms with Gasteiger partial charge in [0.1, 0.15) is 0 Å². The number of carboxylic acids is 1. The highest BCUT2D eigenvalue weighted by Gasteiger charge is 2.72. The highest BCUT2D eigenvalue weighted by molar-refractivity contribution is 5.77. The maximum atomic E-state index is 11.4. The molecule has 0 aromatic carbocycles. The Hall–Kier alpha value is -0.570. The minimum atomic E-state index is -0.734. The van der Waals surface area contributed by atoms with Crippen molar-refractivity contribution < 1.29 is 15.0 Å². The first kappa shape index (κ1) is 9.97. The van der Waals surface area contributed by atoms with Crippen LogP contribution in [0.1, 0.15) is 40.0 Å². The molecular formula is C11H18O3. The molecule has 14 heavy (non-hydrogen) atoms. The number of aliphatic hydroxyl groups is 1. The third kappa shape index (κ3) is 0.724. The number of rotatable bonds is 1. The molecule has 0 saturated heterocycles. The second kappa shape index (κ2) is 2.32. The number of carbonyl (C=O) groups is 1. The van der Waals surface area contributed by atoms with Gasteiger partial charge in [0.05, 0.1) is 11.5 Å². The number of carboxylic acid groups (broad SMARTS) is 1. The molecule has 2 bridgehead atoms. The van der Waals surface area contributed by atoms with Crippen LogP contribution >= 0.6 is 0 Å². The SMILES string of the molecule is CC1(C)[C@@]2(C(=O)O)CC[C@@]1(C)[C@H](O)C2. The molecule has 2 fully saturated rings. The van der Waals surface area contributed by atoms with Crippen LogP contribution in [0, 0.1) is 16.2 Å². The van der Waals surface area contributed by atoms with Crippen LogP contribution in [0.2, 0.25) is 0 Å². The number of aliphatic carboxylic acids is 1. The predicted octanol–water partition coefficient (Wildman–Crippen LogP) is 1.65. The largest absolute Gasteiger partial charge is 0.481 e. The standard InChI is InChI=1S/C11H18O3/c1-9(2)10(3)4-5-11(9,8(13)14)6-7(10)12/h7,12H,4-6H2,1-3H3,(H,13,14)/t7-,10+,11+/m1/s1. The lowest BCUT2D eigenvalue weighted by atomic mass is 9.65. The second-order valence-corrected chi connectivity index (χ2v) is 5.65. The van der Waals surface area contributed by atoms with E-state index in [9.17, 15) is 15.0 Å². The van der Waals surface area contributed by atoms with Gasteiger partial charge in [-0.1, -0.05) is 20.8 Å². The molecule has 3 heteroatoms. The second-order valence-electron chi connectivity index (χ2n) is 5.65. The first-order valence-corrected chi connectivity index (χ1v) is 5.19. The molecule has 0 aromatic rings. The number of fused-ring (bicyclic) bond motifs is 2. The van der Waals surface area contributed by atoms with Crippen LogP contribution < -0.4 is 0 Å². The van der Waals surface area contributed by atoms with Crippen LogP contribution in [0.25, 0.3) is 0 Å². The van der Waals surface area contributed by atoms with Crippen molar-refractivity contribution in [2.75, 3.05) is 0 Å². The van der Waals surface area contributed by atoms with E-state index >= 15 is 0 Å². The van der Waals surface area contributed by atoms with E-state index in [1.807, 2.05) is 20.8 Å². The Bertz CT molecular complexity index is 297. The topological polar surface area (TPSA) is 57.5 Å². The quantitative estimate of drug-likeness (QED) is 0.673. The van der Waals surface area contributed by atoms with Crippen LogP contribution in [0.4, 0.5) is 0 Å². The van der Waals surface area contributed by atoms with Gasteiger partial charge in [-0.3, -0.25) is 4.79 Å². The van der Waals surface area contributed by atoms with E-state index in [2.05, 4.69) is 0 Å². The van der Waals surface area contributed by atoms with E-state index in [1.54, 1.807) is 0 Å². The molecule has 2 N–H and O–H groups in total. The van der Waals surface area contributed by atoms with Crippen LogP contribution in [0.3, 0.4) is 0 Å². The van der Waals surface area contributed by atoms with Crippen molar-refractivity contribution in [2.45, 2.75) is 46.1 Å². The van der Waals surface area contributed by atoms with Crippen LogP contribution in [0.5, 0.6) is 0 Å². The molecule has 0 spiro atoms. The lowest BCUT2D eigenvalue weighted by Gasteiger charge is -2.38. The number of hydrogen-bond donors (Lipinski definition) is 2. The Morgan fingerprint density at radius 2 is 1.86 bits per heavy atom. The summed E-state index contributed by atoms with van der Waals surface area (Å²) in [5.41, 5.74) is -1.21. The average Bonchev–Trinajstić information content (AvgIpc) is 2.34. The van der Waals surface area contributed by atoms with E-state index in [0.29, 0.717) is 12.8 Å². The van der Waals surface area contributed by atoms with Crippen molar-refractivity contribution in [3.63, 3.8) is 0 Å². The summed E-state index contributed by atoms with van der Waals surface area (Å²) in [7, 11) is 0. The van der Waals surface area contributed by atoms with Crippen molar-refractivity contribution in [1.29, 1.82) is 0 Å². The van der Waals surface area contributed by atoms with Gasteiger partial charge in [-0.05, 0) is 30.1 Å². The third-order valence-corrected chi connectivity index (χ3v) is 5.38. The normalized spacial score (nSPS) is 49.6. The molecule has 2 aliphatic rings. The van der Waals surface area contributed by atoms with Gasteiger partial charge < -0.3 is 10.2 Å². The Labute approximate surface area is 84.1 Å². The maximum absolute atomic E-state index is 11.4. The maximum Gasteiger partial charge on any atom is 0.310 e. The number of aliphatic hydroxyl groups excluding tert-OH is 1. The van der Waals surface area contributed by atoms with E-state index in [4.69, 9.17) is 0 Å². The molecular weight excluding hydrogens is 180 g/mol.